The smallest absolute Gasteiger partial charge is 0.309 e. The molecular formula is C16H24O4S. The van der Waals surface area contributed by atoms with Gasteiger partial charge in [-0.25, -0.2) is 0 Å². The predicted molar refractivity (Wildman–Crippen MR) is 85.3 cm³/mol. The quantitative estimate of drug-likeness (QED) is 0.646. The van der Waals surface area contributed by atoms with Gasteiger partial charge in [0, 0.05) is 11.5 Å². The fourth-order valence-corrected chi connectivity index (χ4v) is 3.01. The first kappa shape index (κ1) is 18.0. The van der Waals surface area contributed by atoms with E-state index >= 15 is 0 Å². The van der Waals surface area contributed by atoms with Crippen molar-refractivity contribution in [3.63, 3.8) is 0 Å². The Hall–Kier alpha value is -1.04. The van der Waals surface area contributed by atoms with Crippen LogP contribution < -0.4 is 0 Å². The van der Waals surface area contributed by atoms with Crippen molar-refractivity contribution in [2.24, 2.45) is 5.92 Å². The molecule has 0 saturated heterocycles. The molecule has 2 atom stereocenters. The van der Waals surface area contributed by atoms with Gasteiger partial charge in [-0.3, -0.25) is 4.79 Å². The van der Waals surface area contributed by atoms with Gasteiger partial charge in [-0.15, -0.1) is 0 Å². The summed E-state index contributed by atoms with van der Waals surface area (Å²) in [5.74, 6) is 0.668. The van der Waals surface area contributed by atoms with Gasteiger partial charge in [0.2, 0.25) is 0 Å². The highest BCUT2D eigenvalue weighted by atomic mass is 32.2. The van der Waals surface area contributed by atoms with Crippen molar-refractivity contribution in [3.8, 4) is 0 Å². The maximum Gasteiger partial charge on any atom is 0.309 e. The summed E-state index contributed by atoms with van der Waals surface area (Å²) >= 11 is 1.47. The molecule has 0 aliphatic rings. The number of aryl methyl sites for hydroxylation is 1. The van der Waals surface area contributed by atoms with Crippen molar-refractivity contribution in [1.82, 2.24) is 0 Å². The van der Waals surface area contributed by atoms with Crippen LogP contribution in [0.1, 0.15) is 18.9 Å². The number of aliphatic hydroxyl groups excluding tert-OH is 2. The Kier molecular flexibility index (Phi) is 9.14. The van der Waals surface area contributed by atoms with E-state index in [0.717, 1.165) is 12.8 Å². The number of carbonyl (C=O) groups excluding carboxylic acids is 1. The molecule has 0 fully saturated rings. The Morgan fingerprint density at radius 3 is 2.62 bits per heavy atom. The molecule has 0 spiro atoms. The van der Waals surface area contributed by atoms with Gasteiger partial charge in [-0.2, -0.15) is 11.8 Å². The van der Waals surface area contributed by atoms with Gasteiger partial charge in [-0.05, 0) is 25.3 Å². The van der Waals surface area contributed by atoms with Crippen molar-refractivity contribution >= 4 is 17.7 Å². The first-order valence-electron chi connectivity index (χ1n) is 7.24. The Morgan fingerprint density at radius 2 is 2.00 bits per heavy atom. The summed E-state index contributed by atoms with van der Waals surface area (Å²) in [6.07, 6.45) is 0.824. The molecule has 4 nitrogen and oxygen atoms in total. The van der Waals surface area contributed by atoms with Crippen LogP contribution in [-0.2, 0) is 16.0 Å². The Bertz CT molecular complexity index is 397. The number of hydrogen-bond acceptors (Lipinski definition) is 5. The largest absolute Gasteiger partial charge is 0.466 e. The summed E-state index contributed by atoms with van der Waals surface area (Å²) in [6, 6.07) is 10.0. The summed E-state index contributed by atoms with van der Waals surface area (Å²) in [5, 5.41) is 18.1. The van der Waals surface area contributed by atoms with Crippen molar-refractivity contribution in [2.75, 3.05) is 24.7 Å². The topological polar surface area (TPSA) is 66.8 Å². The third-order valence-electron chi connectivity index (χ3n) is 3.08. The molecule has 1 aromatic rings. The van der Waals surface area contributed by atoms with Crippen LogP contribution in [0.15, 0.2) is 30.3 Å². The van der Waals surface area contributed by atoms with Gasteiger partial charge in [0.1, 0.15) is 0 Å². The number of hydrogen-bond donors (Lipinski definition) is 2. The van der Waals surface area contributed by atoms with Crippen LogP contribution in [0.2, 0.25) is 0 Å². The number of rotatable bonds is 10. The molecule has 118 valence electrons. The standard InChI is InChI=1S/C16H24O4S/c1-2-20-16(19)14(11-21-12-15(18)10-17)9-8-13-6-4-3-5-7-13/h3-7,14-15,17-18H,2,8-12H2,1H3. The van der Waals surface area contributed by atoms with Gasteiger partial charge in [0.05, 0.1) is 25.2 Å². The van der Waals surface area contributed by atoms with E-state index in [-0.39, 0.29) is 18.5 Å². The van der Waals surface area contributed by atoms with E-state index in [9.17, 15) is 9.90 Å². The summed E-state index contributed by atoms with van der Waals surface area (Å²) < 4.78 is 5.11. The van der Waals surface area contributed by atoms with Crippen molar-refractivity contribution < 1.29 is 19.7 Å². The molecular weight excluding hydrogens is 288 g/mol. The first-order chi connectivity index (χ1) is 10.2. The third-order valence-corrected chi connectivity index (χ3v) is 4.34. The van der Waals surface area contributed by atoms with Crippen LogP contribution >= 0.6 is 11.8 Å². The van der Waals surface area contributed by atoms with Gasteiger partial charge in [0.15, 0.2) is 0 Å². The lowest BCUT2D eigenvalue weighted by Crippen LogP contribution is -2.22. The summed E-state index contributed by atoms with van der Waals surface area (Å²) in [7, 11) is 0. The minimum Gasteiger partial charge on any atom is -0.466 e. The fraction of sp³-hybridized carbons (Fsp3) is 0.562. The van der Waals surface area contributed by atoms with Crippen LogP contribution in [-0.4, -0.2) is 47.0 Å². The number of benzene rings is 1. The van der Waals surface area contributed by atoms with E-state index in [0.29, 0.717) is 18.1 Å². The molecule has 2 unspecified atom stereocenters. The second kappa shape index (κ2) is 10.7. The van der Waals surface area contributed by atoms with Gasteiger partial charge >= 0.3 is 5.97 Å². The highest BCUT2D eigenvalue weighted by Crippen LogP contribution is 2.18. The van der Waals surface area contributed by atoms with Crippen molar-refractivity contribution in [2.45, 2.75) is 25.9 Å². The third kappa shape index (κ3) is 7.50. The zero-order valence-corrected chi connectivity index (χ0v) is 13.2. The molecule has 1 rings (SSSR count). The lowest BCUT2D eigenvalue weighted by Gasteiger charge is -2.16. The van der Waals surface area contributed by atoms with Crippen LogP contribution in [0.5, 0.6) is 0 Å². The zero-order valence-electron chi connectivity index (χ0n) is 12.4. The van der Waals surface area contributed by atoms with Gasteiger partial charge < -0.3 is 14.9 Å². The Balaban J connectivity index is 2.46. The number of carbonyl (C=O) groups is 1. The van der Waals surface area contributed by atoms with E-state index in [1.165, 1.54) is 17.3 Å². The molecule has 0 heterocycles. The second-order valence-corrected chi connectivity index (χ2v) is 5.92. The second-order valence-electron chi connectivity index (χ2n) is 4.85. The van der Waals surface area contributed by atoms with E-state index in [1.807, 2.05) is 30.3 Å². The monoisotopic (exact) mass is 312 g/mol. The summed E-state index contributed by atoms with van der Waals surface area (Å²) in [6.45, 7) is 1.93. The summed E-state index contributed by atoms with van der Waals surface area (Å²) in [4.78, 5) is 12.0. The highest BCUT2D eigenvalue weighted by Gasteiger charge is 2.20. The van der Waals surface area contributed by atoms with Crippen LogP contribution in [0, 0.1) is 5.92 Å². The lowest BCUT2D eigenvalue weighted by molar-refractivity contribution is -0.147. The number of aliphatic hydroxyl groups is 2. The van der Waals surface area contributed by atoms with E-state index in [2.05, 4.69) is 0 Å². The van der Waals surface area contributed by atoms with Gasteiger partial charge in [0.25, 0.3) is 0 Å². The maximum absolute atomic E-state index is 12.0. The Labute approximate surface area is 130 Å². The molecule has 0 bridgehead atoms. The molecule has 5 heteroatoms. The highest BCUT2D eigenvalue weighted by molar-refractivity contribution is 7.99. The van der Waals surface area contributed by atoms with Crippen molar-refractivity contribution in [1.29, 1.82) is 0 Å². The van der Waals surface area contributed by atoms with Gasteiger partial charge in [-0.1, -0.05) is 30.3 Å². The molecule has 2 N–H and O–H groups in total. The average molecular weight is 312 g/mol. The van der Waals surface area contributed by atoms with Crippen LogP contribution in [0.25, 0.3) is 0 Å². The Morgan fingerprint density at radius 1 is 1.29 bits per heavy atom. The van der Waals surface area contributed by atoms with E-state index < -0.39 is 6.10 Å². The molecule has 1 aromatic carbocycles. The minimum absolute atomic E-state index is 0.180. The average Bonchev–Trinajstić information content (AvgIpc) is 2.51. The zero-order chi connectivity index (χ0) is 15.5. The number of thioether (sulfide) groups is 1. The maximum atomic E-state index is 12.0. The van der Waals surface area contributed by atoms with Crippen LogP contribution in [0.3, 0.4) is 0 Å². The molecule has 0 saturated carbocycles. The first-order valence-corrected chi connectivity index (χ1v) is 8.40. The minimum atomic E-state index is -0.730. The number of esters is 1. The molecule has 0 amide bonds. The predicted octanol–water partition coefficient (Wildman–Crippen LogP) is 1.88. The SMILES string of the molecule is CCOC(=O)C(CCc1ccccc1)CSCC(O)CO. The van der Waals surface area contributed by atoms with E-state index in [4.69, 9.17) is 9.84 Å². The molecule has 21 heavy (non-hydrogen) atoms. The van der Waals surface area contributed by atoms with Crippen molar-refractivity contribution in [3.05, 3.63) is 35.9 Å². The molecule has 0 aromatic heterocycles. The van der Waals surface area contributed by atoms with E-state index in [1.54, 1.807) is 6.92 Å². The van der Waals surface area contributed by atoms with Crippen LogP contribution in [0.4, 0.5) is 0 Å². The summed E-state index contributed by atoms with van der Waals surface area (Å²) in [5.41, 5.74) is 1.20. The lowest BCUT2D eigenvalue weighted by atomic mass is 10.0. The normalized spacial score (nSPS) is 13.7. The molecule has 0 aliphatic carbocycles. The molecule has 0 aliphatic heterocycles. The number of ether oxygens (including phenoxy) is 1. The molecule has 0 radical (unpaired) electrons. The fourth-order valence-electron chi connectivity index (χ4n) is 1.91.